The van der Waals surface area contributed by atoms with Crippen molar-refractivity contribution in [2.24, 2.45) is 0 Å². The van der Waals surface area contributed by atoms with Crippen molar-refractivity contribution in [1.29, 1.82) is 0 Å². The first-order valence-corrected chi connectivity index (χ1v) is 8.19. The van der Waals surface area contributed by atoms with Crippen molar-refractivity contribution in [1.82, 2.24) is 4.90 Å². The Morgan fingerprint density at radius 1 is 1.32 bits per heavy atom. The standard InChI is InChI=1S/C15H20BrN3O3/c1-2-22-15(21)19-9-7-18(8-10-19)11-14(20)17-13-6-4-3-5-12(13)16/h3-6H,2,7-11H2,1H3,(H,17,20)/p+1. The maximum Gasteiger partial charge on any atom is 0.410 e. The van der Waals surface area contributed by atoms with Crippen LogP contribution in [0.15, 0.2) is 28.7 Å². The number of nitrogens with zero attached hydrogens (tertiary/aromatic N) is 1. The third-order valence-electron chi connectivity index (χ3n) is 3.56. The molecule has 0 unspecified atom stereocenters. The van der Waals surface area contributed by atoms with Gasteiger partial charge in [0.25, 0.3) is 5.91 Å². The molecule has 0 aromatic heterocycles. The molecule has 6 nitrogen and oxygen atoms in total. The third-order valence-corrected chi connectivity index (χ3v) is 4.25. The van der Waals surface area contributed by atoms with Gasteiger partial charge >= 0.3 is 6.09 Å². The first kappa shape index (κ1) is 16.8. The second-order valence-corrected chi connectivity index (χ2v) is 6.00. The van der Waals surface area contributed by atoms with Gasteiger partial charge in [0.1, 0.15) is 0 Å². The third kappa shape index (κ3) is 4.71. The van der Waals surface area contributed by atoms with Crippen LogP contribution in [0.4, 0.5) is 10.5 Å². The van der Waals surface area contributed by atoms with Gasteiger partial charge in [0.05, 0.1) is 38.5 Å². The number of para-hydroxylation sites is 1. The first-order chi connectivity index (χ1) is 10.6. The summed E-state index contributed by atoms with van der Waals surface area (Å²) in [5, 5.41) is 2.90. The fourth-order valence-corrected chi connectivity index (χ4v) is 2.77. The fourth-order valence-electron chi connectivity index (χ4n) is 2.38. The summed E-state index contributed by atoms with van der Waals surface area (Å²) in [5.74, 6) is -0.0218. The molecule has 22 heavy (non-hydrogen) atoms. The van der Waals surface area contributed by atoms with E-state index in [2.05, 4.69) is 21.2 Å². The lowest BCUT2D eigenvalue weighted by Gasteiger charge is -2.31. The molecule has 0 spiro atoms. The van der Waals surface area contributed by atoms with Crippen LogP contribution in [0.3, 0.4) is 0 Å². The van der Waals surface area contributed by atoms with Gasteiger partial charge in [-0.2, -0.15) is 0 Å². The lowest BCUT2D eigenvalue weighted by atomic mass is 10.3. The lowest BCUT2D eigenvalue weighted by molar-refractivity contribution is -0.895. The summed E-state index contributed by atoms with van der Waals surface area (Å²) in [5.41, 5.74) is 0.775. The van der Waals surface area contributed by atoms with Gasteiger partial charge in [-0.05, 0) is 35.0 Å². The largest absolute Gasteiger partial charge is 0.450 e. The highest BCUT2D eigenvalue weighted by atomic mass is 79.9. The highest BCUT2D eigenvalue weighted by molar-refractivity contribution is 9.10. The number of benzene rings is 1. The highest BCUT2D eigenvalue weighted by Crippen LogP contribution is 2.20. The van der Waals surface area contributed by atoms with Crippen LogP contribution in [0.25, 0.3) is 0 Å². The van der Waals surface area contributed by atoms with E-state index < -0.39 is 0 Å². The molecule has 0 aliphatic carbocycles. The van der Waals surface area contributed by atoms with Gasteiger partial charge in [-0.1, -0.05) is 12.1 Å². The van der Waals surface area contributed by atoms with Crippen molar-refractivity contribution in [2.45, 2.75) is 6.92 Å². The van der Waals surface area contributed by atoms with E-state index in [1.54, 1.807) is 11.8 Å². The summed E-state index contributed by atoms with van der Waals surface area (Å²) in [6.07, 6.45) is -0.265. The Morgan fingerprint density at radius 3 is 2.64 bits per heavy atom. The number of carbonyl (C=O) groups is 2. The molecule has 1 heterocycles. The Morgan fingerprint density at radius 2 is 2.00 bits per heavy atom. The Hall–Kier alpha value is -1.60. The summed E-state index contributed by atoms with van der Waals surface area (Å²) >= 11 is 3.41. The molecule has 2 N–H and O–H groups in total. The lowest BCUT2D eigenvalue weighted by Crippen LogP contribution is -3.15. The predicted molar refractivity (Wildman–Crippen MR) is 86.9 cm³/mol. The zero-order chi connectivity index (χ0) is 15.9. The molecule has 2 rings (SSSR count). The van der Waals surface area contributed by atoms with Crippen LogP contribution < -0.4 is 10.2 Å². The van der Waals surface area contributed by atoms with E-state index in [0.29, 0.717) is 26.2 Å². The fraction of sp³-hybridized carbons (Fsp3) is 0.467. The second-order valence-electron chi connectivity index (χ2n) is 5.14. The van der Waals surface area contributed by atoms with Crippen molar-refractivity contribution >= 4 is 33.6 Å². The summed E-state index contributed by atoms with van der Waals surface area (Å²) in [4.78, 5) is 26.6. The molecule has 1 aliphatic rings. The summed E-state index contributed by atoms with van der Waals surface area (Å²) < 4.78 is 5.85. The number of hydrogen-bond acceptors (Lipinski definition) is 3. The summed E-state index contributed by atoms with van der Waals surface area (Å²) in [6.45, 7) is 5.33. The van der Waals surface area contributed by atoms with Crippen molar-refractivity contribution < 1.29 is 19.2 Å². The quantitative estimate of drug-likeness (QED) is 0.821. The molecule has 1 aromatic carbocycles. The molecule has 120 valence electrons. The topological polar surface area (TPSA) is 63.1 Å². The molecule has 0 atom stereocenters. The number of hydrogen-bond donors (Lipinski definition) is 2. The van der Waals surface area contributed by atoms with E-state index in [1.165, 1.54) is 4.90 Å². The van der Waals surface area contributed by atoms with E-state index in [4.69, 9.17) is 4.74 Å². The number of rotatable bonds is 4. The van der Waals surface area contributed by atoms with Crippen LogP contribution in [0, 0.1) is 0 Å². The molecule has 2 amide bonds. The molecular weight excluding hydrogens is 350 g/mol. The van der Waals surface area contributed by atoms with E-state index in [-0.39, 0.29) is 12.0 Å². The number of piperazine rings is 1. The predicted octanol–water partition coefficient (Wildman–Crippen LogP) is 0.745. The van der Waals surface area contributed by atoms with E-state index in [0.717, 1.165) is 23.2 Å². The van der Waals surface area contributed by atoms with Crippen LogP contribution >= 0.6 is 15.9 Å². The SMILES string of the molecule is CCOC(=O)N1CC[NH+](CC(=O)Nc2ccccc2Br)CC1. The van der Waals surface area contributed by atoms with Crippen molar-refractivity contribution in [3.8, 4) is 0 Å². The van der Waals surface area contributed by atoms with Crippen LogP contribution in [-0.2, 0) is 9.53 Å². The number of nitrogens with one attached hydrogen (secondary N) is 2. The Kier molecular flexibility index (Phi) is 6.21. The number of halogens is 1. The first-order valence-electron chi connectivity index (χ1n) is 7.39. The zero-order valence-electron chi connectivity index (χ0n) is 12.6. The van der Waals surface area contributed by atoms with Gasteiger partial charge < -0.3 is 15.0 Å². The monoisotopic (exact) mass is 370 g/mol. The average molecular weight is 371 g/mol. The minimum Gasteiger partial charge on any atom is -0.450 e. The average Bonchev–Trinajstić information content (AvgIpc) is 2.50. The van der Waals surface area contributed by atoms with Gasteiger partial charge in [-0.15, -0.1) is 0 Å². The maximum absolute atomic E-state index is 12.1. The van der Waals surface area contributed by atoms with Gasteiger partial charge in [0.2, 0.25) is 0 Å². The van der Waals surface area contributed by atoms with Crippen molar-refractivity contribution in [3.05, 3.63) is 28.7 Å². The zero-order valence-corrected chi connectivity index (χ0v) is 14.2. The molecule has 1 aliphatic heterocycles. The number of quaternary nitrogens is 1. The minimum absolute atomic E-state index is 0.0218. The number of ether oxygens (including phenoxy) is 1. The molecule has 0 bridgehead atoms. The van der Waals surface area contributed by atoms with Crippen LogP contribution in [0.1, 0.15) is 6.92 Å². The number of amides is 2. The second kappa shape index (κ2) is 8.14. The van der Waals surface area contributed by atoms with Gasteiger partial charge in [0, 0.05) is 4.47 Å². The number of carbonyl (C=O) groups excluding carboxylic acids is 2. The molecule has 0 radical (unpaired) electrons. The van der Waals surface area contributed by atoms with Crippen LogP contribution in [0.5, 0.6) is 0 Å². The Labute approximate surface area is 138 Å². The van der Waals surface area contributed by atoms with E-state index in [9.17, 15) is 9.59 Å². The van der Waals surface area contributed by atoms with Crippen LogP contribution in [0.2, 0.25) is 0 Å². The molecule has 0 saturated carbocycles. The Bertz CT molecular complexity index is 531. The molecule has 7 heteroatoms. The Balaban J connectivity index is 1.77. The normalized spacial score (nSPS) is 15.5. The van der Waals surface area contributed by atoms with Gasteiger partial charge in [0.15, 0.2) is 6.54 Å². The summed E-state index contributed by atoms with van der Waals surface area (Å²) in [7, 11) is 0. The van der Waals surface area contributed by atoms with Gasteiger partial charge in [-0.3, -0.25) is 9.69 Å². The molecular formula is C15H21BrN3O3+. The molecule has 1 saturated heterocycles. The van der Waals surface area contributed by atoms with Crippen LogP contribution in [-0.4, -0.2) is 56.2 Å². The maximum atomic E-state index is 12.1. The highest BCUT2D eigenvalue weighted by Gasteiger charge is 2.25. The van der Waals surface area contributed by atoms with Gasteiger partial charge in [-0.25, -0.2) is 4.79 Å². The molecule has 1 fully saturated rings. The van der Waals surface area contributed by atoms with E-state index in [1.807, 2.05) is 24.3 Å². The van der Waals surface area contributed by atoms with Crippen molar-refractivity contribution in [2.75, 3.05) is 44.6 Å². The van der Waals surface area contributed by atoms with E-state index >= 15 is 0 Å². The number of anilines is 1. The minimum atomic E-state index is -0.265. The molecule has 1 aromatic rings. The smallest absolute Gasteiger partial charge is 0.410 e. The summed E-state index contributed by atoms with van der Waals surface area (Å²) in [6, 6.07) is 7.53. The van der Waals surface area contributed by atoms with Crippen molar-refractivity contribution in [3.63, 3.8) is 0 Å².